The zero-order valence-corrected chi connectivity index (χ0v) is 14.9. The summed E-state index contributed by atoms with van der Waals surface area (Å²) in [5.74, 6) is 1.18. The van der Waals surface area contributed by atoms with Crippen LogP contribution in [-0.2, 0) is 5.54 Å². The summed E-state index contributed by atoms with van der Waals surface area (Å²) < 4.78 is 11.1. The molecule has 126 valence electrons. The third kappa shape index (κ3) is 3.45. The Morgan fingerprint density at radius 2 is 1.71 bits per heavy atom. The Kier molecular flexibility index (Phi) is 4.61. The second kappa shape index (κ2) is 6.54. The molecule has 0 fully saturated rings. The molecule has 0 atom stereocenters. The van der Waals surface area contributed by atoms with E-state index in [0.29, 0.717) is 34.6 Å². The number of rotatable bonds is 3. The van der Waals surface area contributed by atoms with Crippen molar-refractivity contribution in [2.45, 2.75) is 19.4 Å². The molecule has 1 aliphatic rings. The van der Waals surface area contributed by atoms with Crippen molar-refractivity contribution in [3.8, 4) is 11.5 Å². The molecule has 2 aromatic rings. The number of carbonyl (C=O) groups is 1. The third-order valence-corrected chi connectivity index (χ3v) is 4.61. The van der Waals surface area contributed by atoms with E-state index in [0.717, 1.165) is 11.3 Å². The van der Waals surface area contributed by atoms with Crippen LogP contribution in [0.4, 0.5) is 0 Å². The molecule has 3 rings (SSSR count). The molecule has 0 radical (unpaired) electrons. The first-order valence-electron chi connectivity index (χ1n) is 7.54. The Bertz CT molecular complexity index is 790. The van der Waals surface area contributed by atoms with Crippen LogP contribution in [0.5, 0.6) is 11.5 Å². The molecule has 0 saturated carbocycles. The standard InChI is InChI=1S/C18H17Cl2NO3/c1-18(2,12-4-6-15-16(10-12)24-8-7-23-15)21-17(22)11-3-5-13(19)14(20)9-11/h3-6,9-10H,7-8H2,1-2H3,(H,21,22). The second-order valence-electron chi connectivity index (χ2n) is 6.07. The maximum absolute atomic E-state index is 12.5. The van der Waals surface area contributed by atoms with Crippen LogP contribution in [0.2, 0.25) is 10.0 Å². The molecule has 0 spiro atoms. The first kappa shape index (κ1) is 16.9. The second-order valence-corrected chi connectivity index (χ2v) is 6.88. The van der Waals surface area contributed by atoms with Crippen LogP contribution in [0.25, 0.3) is 0 Å². The van der Waals surface area contributed by atoms with E-state index in [1.54, 1.807) is 18.2 Å². The number of hydrogen-bond donors (Lipinski definition) is 1. The molecule has 0 saturated heterocycles. The van der Waals surface area contributed by atoms with Gasteiger partial charge in [-0.3, -0.25) is 4.79 Å². The fraction of sp³-hybridized carbons (Fsp3) is 0.278. The highest BCUT2D eigenvalue weighted by atomic mass is 35.5. The minimum Gasteiger partial charge on any atom is -0.486 e. The molecule has 4 nitrogen and oxygen atoms in total. The van der Waals surface area contributed by atoms with E-state index in [1.807, 2.05) is 32.0 Å². The molecule has 0 aliphatic carbocycles. The highest BCUT2D eigenvalue weighted by molar-refractivity contribution is 6.42. The quantitative estimate of drug-likeness (QED) is 0.874. The van der Waals surface area contributed by atoms with Gasteiger partial charge in [0.1, 0.15) is 13.2 Å². The molecule has 2 aromatic carbocycles. The van der Waals surface area contributed by atoms with E-state index < -0.39 is 5.54 Å². The fourth-order valence-electron chi connectivity index (χ4n) is 2.50. The zero-order chi connectivity index (χ0) is 17.3. The van der Waals surface area contributed by atoms with Gasteiger partial charge in [-0.1, -0.05) is 29.3 Å². The van der Waals surface area contributed by atoms with Gasteiger partial charge >= 0.3 is 0 Å². The number of carbonyl (C=O) groups excluding carboxylic acids is 1. The van der Waals surface area contributed by atoms with E-state index in [-0.39, 0.29) is 5.91 Å². The van der Waals surface area contributed by atoms with Gasteiger partial charge < -0.3 is 14.8 Å². The lowest BCUT2D eigenvalue weighted by Crippen LogP contribution is -2.41. The summed E-state index contributed by atoms with van der Waals surface area (Å²) in [6.45, 7) is 4.91. The summed E-state index contributed by atoms with van der Waals surface area (Å²) in [4.78, 5) is 12.5. The molecule has 0 aromatic heterocycles. The lowest BCUT2D eigenvalue weighted by molar-refractivity contribution is 0.0911. The van der Waals surface area contributed by atoms with E-state index in [4.69, 9.17) is 32.7 Å². The van der Waals surface area contributed by atoms with Gasteiger partial charge in [-0.25, -0.2) is 0 Å². The van der Waals surface area contributed by atoms with Crippen molar-refractivity contribution in [2.24, 2.45) is 0 Å². The Morgan fingerprint density at radius 3 is 2.42 bits per heavy atom. The molecule has 0 bridgehead atoms. The fourth-order valence-corrected chi connectivity index (χ4v) is 2.80. The van der Waals surface area contributed by atoms with Crippen molar-refractivity contribution in [3.63, 3.8) is 0 Å². The van der Waals surface area contributed by atoms with Gasteiger partial charge in [0.2, 0.25) is 0 Å². The van der Waals surface area contributed by atoms with Gasteiger partial charge in [-0.15, -0.1) is 0 Å². The Morgan fingerprint density at radius 1 is 1.00 bits per heavy atom. The molecular formula is C18H17Cl2NO3. The molecule has 24 heavy (non-hydrogen) atoms. The summed E-state index contributed by atoms with van der Waals surface area (Å²) >= 11 is 11.9. The van der Waals surface area contributed by atoms with E-state index in [2.05, 4.69) is 5.32 Å². The number of halogens is 2. The Hall–Kier alpha value is -1.91. The van der Waals surface area contributed by atoms with Crippen molar-refractivity contribution in [1.29, 1.82) is 0 Å². The Balaban J connectivity index is 1.82. The first-order chi connectivity index (χ1) is 11.4. The maximum atomic E-state index is 12.5. The normalized spacial score (nSPS) is 13.5. The van der Waals surface area contributed by atoms with Crippen molar-refractivity contribution in [2.75, 3.05) is 13.2 Å². The van der Waals surface area contributed by atoms with Crippen molar-refractivity contribution >= 4 is 29.1 Å². The summed E-state index contributed by atoms with van der Waals surface area (Å²) in [7, 11) is 0. The number of ether oxygens (including phenoxy) is 2. The number of amides is 1. The maximum Gasteiger partial charge on any atom is 0.252 e. The molecule has 1 N–H and O–H groups in total. The summed E-state index contributed by atoms with van der Waals surface area (Å²) in [6, 6.07) is 10.5. The van der Waals surface area contributed by atoms with E-state index in [9.17, 15) is 4.79 Å². The lowest BCUT2D eigenvalue weighted by Gasteiger charge is -2.29. The van der Waals surface area contributed by atoms with Gasteiger partial charge in [0, 0.05) is 5.56 Å². The van der Waals surface area contributed by atoms with Gasteiger partial charge in [-0.2, -0.15) is 0 Å². The topological polar surface area (TPSA) is 47.6 Å². The first-order valence-corrected chi connectivity index (χ1v) is 8.30. The zero-order valence-electron chi connectivity index (χ0n) is 13.4. The lowest BCUT2D eigenvalue weighted by atomic mass is 9.93. The largest absolute Gasteiger partial charge is 0.486 e. The van der Waals surface area contributed by atoms with Crippen LogP contribution in [0.1, 0.15) is 29.8 Å². The smallest absolute Gasteiger partial charge is 0.252 e. The van der Waals surface area contributed by atoms with Gasteiger partial charge in [-0.05, 0) is 49.7 Å². The van der Waals surface area contributed by atoms with Crippen LogP contribution >= 0.6 is 23.2 Å². The number of hydrogen-bond acceptors (Lipinski definition) is 3. The molecule has 1 heterocycles. The van der Waals surface area contributed by atoms with Crippen molar-refractivity contribution in [3.05, 3.63) is 57.6 Å². The van der Waals surface area contributed by atoms with Gasteiger partial charge in [0.05, 0.1) is 15.6 Å². The average Bonchev–Trinajstić information content (AvgIpc) is 2.56. The van der Waals surface area contributed by atoms with Gasteiger partial charge in [0.25, 0.3) is 5.91 Å². The average molecular weight is 366 g/mol. The summed E-state index contributed by atoms with van der Waals surface area (Å²) in [6.07, 6.45) is 0. The van der Waals surface area contributed by atoms with Crippen molar-refractivity contribution in [1.82, 2.24) is 5.32 Å². The molecular weight excluding hydrogens is 349 g/mol. The molecule has 6 heteroatoms. The summed E-state index contributed by atoms with van der Waals surface area (Å²) in [5, 5.41) is 3.77. The van der Waals surface area contributed by atoms with E-state index >= 15 is 0 Å². The van der Waals surface area contributed by atoms with Crippen LogP contribution in [0.3, 0.4) is 0 Å². The highest BCUT2D eigenvalue weighted by Crippen LogP contribution is 2.34. The highest BCUT2D eigenvalue weighted by Gasteiger charge is 2.26. The minimum atomic E-state index is -0.598. The minimum absolute atomic E-state index is 0.228. The predicted octanol–water partition coefficient (Wildman–Crippen LogP) is 4.43. The number of nitrogens with one attached hydrogen (secondary N) is 1. The van der Waals surface area contributed by atoms with Crippen LogP contribution in [0, 0.1) is 0 Å². The number of benzene rings is 2. The number of fused-ring (bicyclic) bond motifs is 1. The molecule has 0 unspecified atom stereocenters. The molecule has 1 amide bonds. The Labute approximate surface area is 150 Å². The third-order valence-electron chi connectivity index (χ3n) is 3.87. The van der Waals surface area contributed by atoms with Crippen LogP contribution in [0.15, 0.2) is 36.4 Å². The molecule has 1 aliphatic heterocycles. The van der Waals surface area contributed by atoms with Gasteiger partial charge in [0.15, 0.2) is 11.5 Å². The van der Waals surface area contributed by atoms with Crippen LogP contribution < -0.4 is 14.8 Å². The SMILES string of the molecule is CC(C)(NC(=O)c1ccc(Cl)c(Cl)c1)c1ccc2c(c1)OCCO2. The van der Waals surface area contributed by atoms with Crippen molar-refractivity contribution < 1.29 is 14.3 Å². The predicted molar refractivity (Wildman–Crippen MR) is 94.4 cm³/mol. The van der Waals surface area contributed by atoms with E-state index in [1.165, 1.54) is 0 Å². The monoisotopic (exact) mass is 365 g/mol. The summed E-state index contributed by atoms with van der Waals surface area (Å²) in [5.41, 5.74) is 0.772. The van der Waals surface area contributed by atoms with Crippen LogP contribution in [-0.4, -0.2) is 19.1 Å².